The molecule has 5 N–H and O–H groups in total. The summed E-state index contributed by atoms with van der Waals surface area (Å²) in [6, 6.07) is -0.329. The third-order valence-electron chi connectivity index (χ3n) is 0.666. The molecule has 0 saturated heterocycles. The Morgan fingerprint density at radius 1 is 1.78 bits per heavy atom. The molecule has 5 heteroatoms. The van der Waals surface area contributed by atoms with Crippen molar-refractivity contribution in [2.24, 2.45) is 5.73 Å². The van der Waals surface area contributed by atoms with E-state index in [2.05, 4.69) is 10.6 Å². The van der Waals surface area contributed by atoms with Crippen molar-refractivity contribution in [3.05, 3.63) is 0 Å². The van der Waals surface area contributed by atoms with Crippen LogP contribution in [0.15, 0.2) is 0 Å². The van der Waals surface area contributed by atoms with Crippen molar-refractivity contribution in [2.45, 2.75) is 0 Å². The second-order valence-corrected chi connectivity index (χ2v) is 1.46. The van der Waals surface area contributed by atoms with Crippen molar-refractivity contribution in [2.75, 3.05) is 13.6 Å². The van der Waals surface area contributed by atoms with E-state index in [1.807, 2.05) is 0 Å². The van der Waals surface area contributed by atoms with E-state index in [-0.39, 0.29) is 18.4 Å². The zero-order valence-corrected chi connectivity index (χ0v) is 5.19. The van der Waals surface area contributed by atoms with Crippen LogP contribution in [0.2, 0.25) is 0 Å². The molecule has 0 spiro atoms. The standard InChI is InChI=1S/C4H10N4O/c1-7-4(9)8-2-3(5)6/h2H2,1H3,(H3,5,6)(H2,7,8,9). The number of carbonyl (C=O) groups excluding carboxylic acids is 1. The molecule has 0 unspecified atom stereocenters. The maximum Gasteiger partial charge on any atom is 0.314 e. The molecule has 0 fully saturated rings. The molecule has 0 atom stereocenters. The summed E-state index contributed by atoms with van der Waals surface area (Å²) in [6.07, 6.45) is 0. The van der Waals surface area contributed by atoms with E-state index in [4.69, 9.17) is 11.1 Å². The second kappa shape index (κ2) is 3.71. The van der Waals surface area contributed by atoms with Crippen LogP contribution in [0.1, 0.15) is 0 Å². The average molecular weight is 130 g/mol. The van der Waals surface area contributed by atoms with E-state index >= 15 is 0 Å². The van der Waals surface area contributed by atoms with Crippen LogP contribution in [-0.2, 0) is 0 Å². The molecular formula is C4H10N4O. The minimum atomic E-state index is -0.329. The maximum absolute atomic E-state index is 10.3. The van der Waals surface area contributed by atoms with Crippen LogP contribution >= 0.6 is 0 Å². The number of hydrogen-bond donors (Lipinski definition) is 4. The molecule has 0 aromatic rings. The highest BCUT2D eigenvalue weighted by Crippen LogP contribution is 1.59. The Balaban J connectivity index is 3.28. The molecule has 0 radical (unpaired) electrons. The lowest BCUT2D eigenvalue weighted by Gasteiger charge is -2.00. The van der Waals surface area contributed by atoms with Gasteiger partial charge in [-0.2, -0.15) is 0 Å². The summed E-state index contributed by atoms with van der Waals surface area (Å²) >= 11 is 0. The monoisotopic (exact) mass is 130 g/mol. The third-order valence-corrected chi connectivity index (χ3v) is 0.666. The smallest absolute Gasteiger partial charge is 0.314 e. The zero-order chi connectivity index (χ0) is 7.28. The minimum absolute atomic E-state index is 0.0569. The lowest BCUT2D eigenvalue weighted by Crippen LogP contribution is -2.38. The number of amides is 2. The Kier molecular flexibility index (Phi) is 3.19. The number of amidine groups is 1. The Morgan fingerprint density at radius 3 is 2.67 bits per heavy atom. The van der Waals surface area contributed by atoms with Gasteiger partial charge >= 0.3 is 6.03 Å². The SMILES string of the molecule is CNC(=O)NCC(=N)N. The van der Waals surface area contributed by atoms with E-state index in [0.717, 1.165) is 0 Å². The van der Waals surface area contributed by atoms with Gasteiger partial charge in [0.2, 0.25) is 0 Å². The highest BCUT2D eigenvalue weighted by molar-refractivity contribution is 5.84. The van der Waals surface area contributed by atoms with Crippen molar-refractivity contribution in [1.29, 1.82) is 5.41 Å². The number of nitrogens with two attached hydrogens (primary N) is 1. The summed E-state index contributed by atoms with van der Waals surface area (Å²) in [5.74, 6) is -0.0569. The van der Waals surface area contributed by atoms with E-state index in [9.17, 15) is 4.79 Å². The number of hydrogen-bond acceptors (Lipinski definition) is 2. The van der Waals surface area contributed by atoms with E-state index in [1.54, 1.807) is 0 Å². The highest BCUT2D eigenvalue weighted by atomic mass is 16.2. The highest BCUT2D eigenvalue weighted by Gasteiger charge is 1.93. The molecule has 0 aromatic carbocycles. The first-order chi connectivity index (χ1) is 4.16. The fraction of sp³-hybridized carbons (Fsp3) is 0.500. The van der Waals surface area contributed by atoms with Crippen LogP contribution in [0.25, 0.3) is 0 Å². The summed E-state index contributed by atoms with van der Waals surface area (Å²) in [6.45, 7) is 0.0969. The Labute approximate surface area is 53.1 Å². The van der Waals surface area contributed by atoms with Gasteiger partial charge in [0.15, 0.2) is 0 Å². The van der Waals surface area contributed by atoms with Crippen molar-refractivity contribution < 1.29 is 4.79 Å². The van der Waals surface area contributed by atoms with Gasteiger partial charge in [-0.05, 0) is 0 Å². The van der Waals surface area contributed by atoms with Gasteiger partial charge < -0.3 is 16.4 Å². The number of urea groups is 1. The molecule has 5 nitrogen and oxygen atoms in total. The normalized spacial score (nSPS) is 8.11. The number of rotatable bonds is 2. The van der Waals surface area contributed by atoms with Gasteiger partial charge in [-0.1, -0.05) is 0 Å². The Morgan fingerprint density at radius 2 is 2.33 bits per heavy atom. The molecule has 0 rings (SSSR count). The molecule has 0 aromatic heterocycles. The summed E-state index contributed by atoms with van der Waals surface area (Å²) in [5.41, 5.74) is 4.94. The first-order valence-corrected chi connectivity index (χ1v) is 2.45. The second-order valence-electron chi connectivity index (χ2n) is 1.46. The van der Waals surface area contributed by atoms with Gasteiger partial charge in [-0.3, -0.25) is 5.41 Å². The minimum Gasteiger partial charge on any atom is -0.386 e. The summed E-state index contributed by atoms with van der Waals surface area (Å²) in [7, 11) is 1.50. The lowest BCUT2D eigenvalue weighted by molar-refractivity contribution is 0.244. The predicted molar refractivity (Wildman–Crippen MR) is 34.4 cm³/mol. The summed E-state index contributed by atoms with van der Waals surface area (Å²) in [5, 5.41) is 11.3. The van der Waals surface area contributed by atoms with Crippen molar-refractivity contribution in [3.8, 4) is 0 Å². The van der Waals surface area contributed by atoms with Crippen molar-refractivity contribution in [3.63, 3.8) is 0 Å². The van der Waals surface area contributed by atoms with Crippen LogP contribution in [0.3, 0.4) is 0 Å². The van der Waals surface area contributed by atoms with E-state index < -0.39 is 0 Å². The average Bonchev–Trinajstić information content (AvgIpc) is 1.83. The first-order valence-electron chi connectivity index (χ1n) is 2.45. The van der Waals surface area contributed by atoms with Crippen LogP contribution in [0.5, 0.6) is 0 Å². The van der Waals surface area contributed by atoms with Gasteiger partial charge in [-0.15, -0.1) is 0 Å². The predicted octanol–water partition coefficient (Wildman–Crippen LogP) is -1.15. The van der Waals surface area contributed by atoms with Gasteiger partial charge in [-0.25, -0.2) is 4.79 Å². The molecule has 0 aliphatic heterocycles. The van der Waals surface area contributed by atoms with E-state index in [0.29, 0.717) is 0 Å². The fourth-order valence-corrected chi connectivity index (χ4v) is 0.264. The van der Waals surface area contributed by atoms with Crippen molar-refractivity contribution >= 4 is 11.9 Å². The molecule has 2 amide bonds. The number of nitrogens with one attached hydrogen (secondary N) is 3. The molecule has 0 saturated carbocycles. The quantitative estimate of drug-likeness (QED) is 0.281. The van der Waals surface area contributed by atoms with Crippen molar-refractivity contribution in [1.82, 2.24) is 10.6 Å². The molecule has 0 aliphatic carbocycles. The topological polar surface area (TPSA) is 91.0 Å². The molecule has 52 valence electrons. The maximum atomic E-state index is 10.3. The molecule has 9 heavy (non-hydrogen) atoms. The zero-order valence-electron chi connectivity index (χ0n) is 5.19. The van der Waals surface area contributed by atoms with Gasteiger partial charge in [0.05, 0.1) is 6.54 Å². The summed E-state index contributed by atoms with van der Waals surface area (Å²) < 4.78 is 0. The van der Waals surface area contributed by atoms with Gasteiger partial charge in [0.25, 0.3) is 0 Å². The Bertz CT molecular complexity index is 122. The largest absolute Gasteiger partial charge is 0.386 e. The third kappa shape index (κ3) is 4.60. The van der Waals surface area contributed by atoms with Crippen LogP contribution < -0.4 is 16.4 Å². The van der Waals surface area contributed by atoms with Crippen LogP contribution in [-0.4, -0.2) is 25.5 Å². The molecule has 0 heterocycles. The van der Waals surface area contributed by atoms with E-state index in [1.165, 1.54) is 7.05 Å². The van der Waals surface area contributed by atoms with Crippen LogP contribution in [0, 0.1) is 5.41 Å². The molecular weight excluding hydrogens is 120 g/mol. The van der Waals surface area contributed by atoms with Gasteiger partial charge in [0, 0.05) is 7.05 Å². The number of carbonyl (C=O) groups is 1. The summed E-state index contributed by atoms with van der Waals surface area (Å²) in [4.78, 5) is 10.3. The Hall–Kier alpha value is -1.26. The molecule has 0 bridgehead atoms. The lowest BCUT2D eigenvalue weighted by atomic mass is 10.6. The van der Waals surface area contributed by atoms with Gasteiger partial charge in [0.1, 0.15) is 5.84 Å². The first kappa shape index (κ1) is 7.74. The van der Waals surface area contributed by atoms with Crippen LogP contribution in [0.4, 0.5) is 4.79 Å². The fourth-order valence-electron chi connectivity index (χ4n) is 0.264. The molecule has 0 aliphatic rings.